The van der Waals surface area contributed by atoms with Gasteiger partial charge >= 0.3 is 0 Å². The van der Waals surface area contributed by atoms with E-state index >= 15 is 0 Å². The lowest BCUT2D eigenvalue weighted by atomic mass is 10.0. The minimum absolute atomic E-state index is 0.611. The molecule has 9 heterocycles. The number of hydrogen-bond acceptors (Lipinski definition) is 12. The first-order valence-corrected chi connectivity index (χ1v) is 45.9. The number of aromatic nitrogens is 12. The first-order chi connectivity index (χ1) is 68.4. The van der Waals surface area contributed by atoms with Crippen LogP contribution in [0.5, 0.6) is 0 Å². The van der Waals surface area contributed by atoms with Gasteiger partial charge in [-0.25, -0.2) is 44.9 Å². The number of hydrogen-bond donors (Lipinski definition) is 0. The molecule has 0 N–H and O–H groups in total. The molecule has 0 saturated carbocycles. The summed E-state index contributed by atoms with van der Waals surface area (Å²) in [7, 11) is 0. The number of fused-ring (bicyclic) bond motifs is 15. The summed E-state index contributed by atoms with van der Waals surface area (Å²) in [5.41, 5.74) is 33.0. The van der Waals surface area contributed by atoms with Gasteiger partial charge < -0.3 is 13.3 Å². The van der Waals surface area contributed by atoms with E-state index in [2.05, 4.69) is 323 Å². The third kappa shape index (κ3) is 15.1. The molecule has 27 rings (SSSR count). The van der Waals surface area contributed by atoms with Gasteiger partial charge in [-0.15, -0.1) is 0 Å². The molecule has 0 saturated heterocycles. The number of oxazole rings is 3. The van der Waals surface area contributed by atoms with Crippen LogP contribution in [-0.2, 0) is 0 Å². The summed E-state index contributed by atoms with van der Waals surface area (Å²) in [5, 5.41) is 3.40. The van der Waals surface area contributed by atoms with E-state index in [1.807, 2.05) is 164 Å². The molecule has 15 heteroatoms. The number of para-hydroxylation sites is 9. The fourth-order valence-electron chi connectivity index (χ4n) is 18.8. The monoisotopic (exact) mass is 1770 g/mol. The van der Waals surface area contributed by atoms with Crippen molar-refractivity contribution in [2.45, 2.75) is 0 Å². The van der Waals surface area contributed by atoms with Crippen molar-refractivity contribution in [3.63, 3.8) is 0 Å². The maximum absolute atomic E-state index is 6.49. The van der Waals surface area contributed by atoms with Gasteiger partial charge in [0.2, 0.25) is 17.1 Å². The zero-order valence-corrected chi connectivity index (χ0v) is 74.1. The van der Waals surface area contributed by atoms with Gasteiger partial charge in [0.15, 0.2) is 69.2 Å². The highest BCUT2D eigenvalue weighted by Gasteiger charge is 2.27. The average Bonchev–Trinajstić information content (AvgIpc) is 1.57. The molecule has 18 aromatic carbocycles. The fourth-order valence-corrected chi connectivity index (χ4v) is 18.8. The van der Waals surface area contributed by atoms with E-state index in [9.17, 15) is 0 Å². The summed E-state index contributed by atoms with van der Waals surface area (Å²) >= 11 is 0. The van der Waals surface area contributed by atoms with Crippen LogP contribution in [0.4, 0.5) is 0 Å². The normalized spacial score (nSPS) is 11.5. The van der Waals surface area contributed by atoms with Gasteiger partial charge in [0.25, 0.3) is 0 Å². The lowest BCUT2D eigenvalue weighted by molar-refractivity contribution is 0.658. The van der Waals surface area contributed by atoms with Gasteiger partial charge in [-0.3, -0.25) is 13.2 Å². The molecule has 0 amide bonds. The summed E-state index contributed by atoms with van der Waals surface area (Å²) in [6.07, 6.45) is 0. The first-order valence-electron chi connectivity index (χ1n) is 45.9. The molecule has 27 aromatic rings. The van der Waals surface area contributed by atoms with E-state index in [0.29, 0.717) is 52.4 Å². The number of rotatable bonds is 15. The molecule has 0 aliphatic rings. The van der Waals surface area contributed by atoms with Crippen molar-refractivity contribution in [1.82, 2.24) is 58.1 Å². The van der Waals surface area contributed by atoms with Crippen LogP contribution in [0.15, 0.2) is 486 Å². The SMILES string of the molecule is c1ccc(-c2ccc(-c3nc(-c4ccccc4)nc(-c4ccc(-c5c6ccccc6n6c5oc5ccccc56)cc4)n3)cc2)cc1.c1ccc(-c2ccc(-c3nc(-c4ccccc4)nc(-c4cccc(-c5c6ccccc6n6c5oc5ccccc56)c4)n3)cc2)cc1.c1ccc(-c2cccc(-c3nc(-c4ccccc4)nc(-c4cccc(-c5c6ccccc6n6c5oc5ccccc56)c4)n3)c2)cc1. The minimum Gasteiger partial charge on any atom is -0.438 e. The molecule has 0 aliphatic heterocycles. The van der Waals surface area contributed by atoms with E-state index < -0.39 is 0 Å². The Labute approximate surface area is 791 Å². The van der Waals surface area contributed by atoms with Crippen LogP contribution >= 0.6 is 0 Å². The lowest BCUT2D eigenvalue weighted by Gasteiger charge is -2.10. The summed E-state index contributed by atoms with van der Waals surface area (Å²) in [4.78, 5) is 44.8. The molecule has 15 nitrogen and oxygen atoms in total. The summed E-state index contributed by atoms with van der Waals surface area (Å²) in [6.45, 7) is 0. The third-order valence-corrected chi connectivity index (χ3v) is 25.4. The van der Waals surface area contributed by atoms with Gasteiger partial charge in [-0.05, 0) is 123 Å². The van der Waals surface area contributed by atoms with E-state index in [0.717, 1.165) is 189 Å². The van der Waals surface area contributed by atoms with Crippen molar-refractivity contribution in [3.05, 3.63) is 473 Å². The Morgan fingerprint density at radius 1 is 0.130 bits per heavy atom. The predicted molar refractivity (Wildman–Crippen MR) is 556 cm³/mol. The second-order valence-electron chi connectivity index (χ2n) is 33.9. The summed E-state index contributed by atoms with van der Waals surface area (Å²) in [6, 6.07) is 162. The van der Waals surface area contributed by atoms with Crippen LogP contribution in [0, 0.1) is 0 Å². The quantitative estimate of drug-likeness (QED) is 0.0954. The van der Waals surface area contributed by atoms with Crippen molar-refractivity contribution in [2.75, 3.05) is 0 Å². The maximum Gasteiger partial charge on any atom is 0.213 e. The highest BCUT2D eigenvalue weighted by molar-refractivity contribution is 6.10. The molecular formula is C123H78N12O3. The summed E-state index contributed by atoms with van der Waals surface area (Å²) in [5.74, 6) is 5.64. The van der Waals surface area contributed by atoms with E-state index in [-0.39, 0.29) is 0 Å². The average molecular weight is 1770 g/mol. The van der Waals surface area contributed by atoms with Crippen LogP contribution < -0.4 is 0 Å². The van der Waals surface area contributed by atoms with Crippen LogP contribution in [0.25, 0.3) is 252 Å². The maximum atomic E-state index is 6.49. The number of benzene rings is 18. The Morgan fingerprint density at radius 3 is 0.609 bits per heavy atom. The van der Waals surface area contributed by atoms with Gasteiger partial charge in [-0.2, -0.15) is 0 Å². The predicted octanol–water partition coefficient (Wildman–Crippen LogP) is 31.1. The molecule has 0 atom stereocenters. The van der Waals surface area contributed by atoms with Crippen LogP contribution in [0.3, 0.4) is 0 Å². The van der Waals surface area contributed by atoms with Crippen molar-refractivity contribution in [3.8, 4) is 169 Å². The molecule has 0 unspecified atom stereocenters. The largest absolute Gasteiger partial charge is 0.438 e. The molecule has 0 spiro atoms. The van der Waals surface area contributed by atoms with Crippen molar-refractivity contribution >= 4 is 83.1 Å². The van der Waals surface area contributed by atoms with Crippen molar-refractivity contribution in [2.24, 2.45) is 0 Å². The van der Waals surface area contributed by atoms with E-state index in [1.165, 1.54) is 11.1 Å². The Kier molecular flexibility index (Phi) is 20.5. The van der Waals surface area contributed by atoms with Crippen LogP contribution in [0.2, 0.25) is 0 Å². The van der Waals surface area contributed by atoms with Crippen molar-refractivity contribution < 1.29 is 13.3 Å². The third-order valence-electron chi connectivity index (χ3n) is 25.4. The molecule has 0 aliphatic carbocycles. The Hall–Kier alpha value is -19.0. The lowest BCUT2D eigenvalue weighted by Crippen LogP contribution is -2.00. The molecule has 0 radical (unpaired) electrons. The highest BCUT2D eigenvalue weighted by atomic mass is 16.4. The Balaban J connectivity index is 0.000000110. The standard InChI is InChI=1S/3C41H26N4O/c1-3-13-27(14-4-1)29-17-11-19-31(25-29)39-42-38(28-15-5-2-6-16-28)43-40(44-39)32-20-12-18-30(26-32)37-33-21-7-8-22-34(33)45-35-23-9-10-24-36(35)46-41(37)45;1-3-12-27(13-4-1)28-22-24-30(25-23-28)39-42-38(29-14-5-2-6-15-29)43-40(44-39)32-17-11-16-31(26-32)37-33-18-7-8-19-34(33)45-35-20-9-10-21-36(35)46-41(37)45;1-3-11-27(12-4-1)28-19-23-31(24-20-28)39-42-38(30-13-5-2-6-14-30)43-40(44-39)32-25-21-29(22-26-32)37-33-15-7-8-16-34(33)45-35-17-9-10-18-36(35)46-41(37)45/h3*1-26H. The second kappa shape index (κ2) is 35.0. The minimum atomic E-state index is 0.611. The zero-order valence-electron chi connectivity index (χ0n) is 74.1. The van der Waals surface area contributed by atoms with Gasteiger partial charge in [0.05, 0.1) is 49.8 Å². The van der Waals surface area contributed by atoms with Crippen LogP contribution in [-0.4, -0.2) is 58.1 Å². The van der Waals surface area contributed by atoms with Gasteiger partial charge in [0, 0.05) is 66.2 Å². The first kappa shape index (κ1) is 81.0. The highest BCUT2D eigenvalue weighted by Crippen LogP contribution is 2.46. The smallest absolute Gasteiger partial charge is 0.213 e. The molecule has 138 heavy (non-hydrogen) atoms. The Bertz CT molecular complexity index is 9240. The zero-order chi connectivity index (χ0) is 91.4. The molecule has 9 aromatic heterocycles. The molecule has 0 fully saturated rings. The fraction of sp³-hybridized carbons (Fsp3) is 0. The Morgan fingerprint density at radius 2 is 0.312 bits per heavy atom. The van der Waals surface area contributed by atoms with Crippen molar-refractivity contribution in [1.29, 1.82) is 0 Å². The topological polar surface area (TPSA) is 169 Å². The molecule has 0 bridgehead atoms. The molecule has 648 valence electrons. The van der Waals surface area contributed by atoms with E-state index in [4.69, 9.17) is 58.1 Å². The van der Waals surface area contributed by atoms with E-state index in [1.54, 1.807) is 0 Å². The van der Waals surface area contributed by atoms with Gasteiger partial charge in [0.1, 0.15) is 0 Å². The number of nitrogens with zero attached hydrogens (tertiary/aromatic N) is 12. The molecular weight excluding hydrogens is 1690 g/mol. The summed E-state index contributed by atoms with van der Waals surface area (Å²) < 4.78 is 26.0. The van der Waals surface area contributed by atoms with Crippen LogP contribution in [0.1, 0.15) is 0 Å². The van der Waals surface area contributed by atoms with Gasteiger partial charge in [-0.1, -0.05) is 400 Å². The second-order valence-corrected chi connectivity index (χ2v) is 33.9.